The van der Waals surface area contributed by atoms with Crippen molar-refractivity contribution in [3.63, 3.8) is 0 Å². The molecular weight excluding hydrogens is 433 g/mol. The van der Waals surface area contributed by atoms with Crippen LogP contribution in [0.15, 0.2) is 55.1 Å². The minimum Gasteiger partial charge on any atom is -0.483 e. The van der Waals surface area contributed by atoms with Crippen LogP contribution in [0.5, 0.6) is 5.75 Å². The van der Waals surface area contributed by atoms with E-state index in [1.54, 1.807) is 12.1 Å². The maximum atomic E-state index is 15.1. The number of halogens is 3. The number of ether oxygens (including phenoxy) is 1. The standard InChI is InChI=1S/C30H35F3O/c1-3-5-6-7-20-8-9-22-16-23(11-10-21(22)15-20)24-12-13-26(27(31)17-24)25-18-28(32)30(29(33)19-25)34-14-4-2/h3-5,12-13,17-23H,2,6-11,14-16H2,1H3/b5-3+. The lowest BCUT2D eigenvalue weighted by molar-refractivity contribution is 0.115. The second-order valence-corrected chi connectivity index (χ2v) is 9.96. The third kappa shape index (κ3) is 5.59. The van der Waals surface area contributed by atoms with Gasteiger partial charge in [0.25, 0.3) is 0 Å². The molecule has 34 heavy (non-hydrogen) atoms. The van der Waals surface area contributed by atoms with Gasteiger partial charge >= 0.3 is 0 Å². The van der Waals surface area contributed by atoms with E-state index < -0.39 is 23.2 Å². The molecule has 4 atom stereocenters. The normalized spacial score (nSPS) is 24.7. The highest BCUT2D eigenvalue weighted by molar-refractivity contribution is 5.66. The van der Waals surface area contributed by atoms with Crippen LogP contribution in [-0.2, 0) is 0 Å². The molecule has 0 radical (unpaired) electrons. The molecule has 0 saturated heterocycles. The van der Waals surface area contributed by atoms with Gasteiger partial charge < -0.3 is 4.74 Å². The lowest BCUT2D eigenvalue weighted by Gasteiger charge is -2.42. The summed E-state index contributed by atoms with van der Waals surface area (Å²) in [5.74, 6) is 0.135. The molecule has 2 saturated carbocycles. The second-order valence-electron chi connectivity index (χ2n) is 9.96. The minimum absolute atomic E-state index is 0.00363. The molecule has 0 spiro atoms. The van der Waals surface area contributed by atoms with Gasteiger partial charge in [-0.3, -0.25) is 0 Å². The maximum absolute atomic E-state index is 15.1. The highest BCUT2D eigenvalue weighted by Gasteiger charge is 2.35. The van der Waals surface area contributed by atoms with Gasteiger partial charge in [-0.1, -0.05) is 43.4 Å². The average Bonchev–Trinajstić information content (AvgIpc) is 2.83. The van der Waals surface area contributed by atoms with E-state index in [-0.39, 0.29) is 17.7 Å². The maximum Gasteiger partial charge on any atom is 0.191 e. The predicted molar refractivity (Wildman–Crippen MR) is 132 cm³/mol. The van der Waals surface area contributed by atoms with E-state index in [0.29, 0.717) is 5.92 Å². The van der Waals surface area contributed by atoms with Gasteiger partial charge in [-0.25, -0.2) is 13.2 Å². The average molecular weight is 469 g/mol. The number of fused-ring (bicyclic) bond motifs is 1. The van der Waals surface area contributed by atoms with Gasteiger partial charge in [0.05, 0.1) is 0 Å². The van der Waals surface area contributed by atoms with Gasteiger partial charge in [-0.05, 0) is 105 Å². The highest BCUT2D eigenvalue weighted by Crippen LogP contribution is 2.48. The SMILES string of the molecule is C=CCOc1c(F)cc(-c2ccc(C3CCC4CC(CC/C=C/C)CCC4C3)cc2F)cc1F. The molecule has 2 aromatic rings. The lowest BCUT2D eigenvalue weighted by Crippen LogP contribution is -2.30. The molecule has 2 aliphatic rings. The predicted octanol–water partition coefficient (Wildman–Crippen LogP) is 8.99. The minimum atomic E-state index is -0.847. The van der Waals surface area contributed by atoms with Crippen LogP contribution in [0, 0.1) is 35.2 Å². The van der Waals surface area contributed by atoms with Gasteiger partial charge in [0.15, 0.2) is 17.4 Å². The molecule has 4 rings (SSSR count). The molecule has 0 N–H and O–H groups in total. The van der Waals surface area contributed by atoms with E-state index in [1.807, 2.05) is 6.07 Å². The summed E-state index contributed by atoms with van der Waals surface area (Å²) in [5, 5.41) is 0. The van der Waals surface area contributed by atoms with Crippen LogP contribution in [-0.4, -0.2) is 6.61 Å². The third-order valence-corrected chi connectivity index (χ3v) is 7.82. The van der Waals surface area contributed by atoms with E-state index in [4.69, 9.17) is 4.74 Å². The zero-order valence-electron chi connectivity index (χ0n) is 20.0. The van der Waals surface area contributed by atoms with Gasteiger partial charge in [0, 0.05) is 5.56 Å². The van der Waals surface area contributed by atoms with Crippen LogP contribution in [0.4, 0.5) is 13.2 Å². The fourth-order valence-corrected chi connectivity index (χ4v) is 6.06. The van der Waals surface area contributed by atoms with Crippen molar-refractivity contribution in [1.29, 1.82) is 0 Å². The Balaban J connectivity index is 1.43. The Labute approximate surface area is 201 Å². The van der Waals surface area contributed by atoms with Crippen LogP contribution < -0.4 is 4.74 Å². The molecule has 0 aromatic heterocycles. The monoisotopic (exact) mass is 468 g/mol. The zero-order chi connectivity index (χ0) is 24.1. The topological polar surface area (TPSA) is 9.23 Å². The summed E-state index contributed by atoms with van der Waals surface area (Å²) >= 11 is 0. The van der Waals surface area contributed by atoms with Crippen LogP contribution in [0.3, 0.4) is 0 Å². The smallest absolute Gasteiger partial charge is 0.191 e. The summed E-state index contributed by atoms with van der Waals surface area (Å²) in [7, 11) is 0. The van der Waals surface area contributed by atoms with E-state index in [0.717, 1.165) is 48.3 Å². The van der Waals surface area contributed by atoms with Gasteiger partial charge in [0.2, 0.25) is 0 Å². The zero-order valence-corrected chi connectivity index (χ0v) is 20.0. The van der Waals surface area contributed by atoms with Crippen molar-refractivity contribution in [1.82, 2.24) is 0 Å². The number of hydrogen-bond acceptors (Lipinski definition) is 1. The molecule has 0 heterocycles. The largest absolute Gasteiger partial charge is 0.483 e. The fourth-order valence-electron chi connectivity index (χ4n) is 6.06. The first-order chi connectivity index (χ1) is 16.5. The summed E-state index contributed by atoms with van der Waals surface area (Å²) in [4.78, 5) is 0. The molecule has 2 fully saturated rings. The highest BCUT2D eigenvalue weighted by atomic mass is 19.1. The molecule has 2 aromatic carbocycles. The van der Waals surface area contributed by atoms with E-state index in [1.165, 1.54) is 44.6 Å². The number of hydrogen-bond donors (Lipinski definition) is 0. The molecule has 2 aliphatic carbocycles. The molecule has 182 valence electrons. The summed E-state index contributed by atoms with van der Waals surface area (Å²) < 4.78 is 48.9. The van der Waals surface area contributed by atoms with Gasteiger partial charge in [0.1, 0.15) is 12.4 Å². The van der Waals surface area contributed by atoms with Gasteiger partial charge in [-0.2, -0.15) is 0 Å². The fraction of sp³-hybridized carbons (Fsp3) is 0.467. The van der Waals surface area contributed by atoms with Gasteiger partial charge in [-0.15, -0.1) is 0 Å². The Morgan fingerprint density at radius 3 is 2.38 bits per heavy atom. The molecular formula is C30H35F3O. The van der Waals surface area contributed by atoms with Crippen molar-refractivity contribution in [2.45, 2.75) is 64.2 Å². The lowest BCUT2D eigenvalue weighted by atomic mass is 9.63. The molecule has 1 nitrogen and oxygen atoms in total. The number of rotatable bonds is 8. The quantitative estimate of drug-likeness (QED) is 0.351. The second kappa shape index (κ2) is 11.3. The van der Waals surface area contributed by atoms with E-state index in [2.05, 4.69) is 25.7 Å². The summed E-state index contributed by atoms with van der Waals surface area (Å²) in [6.45, 7) is 5.56. The number of allylic oxidation sites excluding steroid dienone is 2. The Hall–Kier alpha value is -2.49. The Kier molecular flexibility index (Phi) is 8.18. The Morgan fingerprint density at radius 1 is 0.941 bits per heavy atom. The summed E-state index contributed by atoms with van der Waals surface area (Å²) in [6.07, 6.45) is 15.6. The Bertz CT molecular complexity index is 1000. The van der Waals surface area contributed by atoms with Crippen molar-refractivity contribution < 1.29 is 17.9 Å². The first-order valence-electron chi connectivity index (χ1n) is 12.6. The van der Waals surface area contributed by atoms with Crippen LogP contribution in [0.1, 0.15) is 69.8 Å². The number of benzene rings is 2. The van der Waals surface area contributed by atoms with Crippen LogP contribution in [0.25, 0.3) is 11.1 Å². The first kappa shape index (κ1) is 24.6. The molecule has 0 aliphatic heterocycles. The molecule has 0 bridgehead atoms. The third-order valence-electron chi connectivity index (χ3n) is 7.82. The van der Waals surface area contributed by atoms with Crippen molar-refractivity contribution >= 4 is 0 Å². The first-order valence-corrected chi connectivity index (χ1v) is 12.6. The van der Waals surface area contributed by atoms with Crippen molar-refractivity contribution in [3.8, 4) is 16.9 Å². The van der Waals surface area contributed by atoms with E-state index in [9.17, 15) is 8.78 Å². The Morgan fingerprint density at radius 2 is 1.68 bits per heavy atom. The summed E-state index contributed by atoms with van der Waals surface area (Å²) in [5.41, 5.74) is 1.37. The van der Waals surface area contributed by atoms with Crippen LogP contribution >= 0.6 is 0 Å². The van der Waals surface area contributed by atoms with E-state index >= 15 is 4.39 Å². The molecule has 4 heteroatoms. The van der Waals surface area contributed by atoms with Crippen LogP contribution in [0.2, 0.25) is 0 Å². The molecule has 4 unspecified atom stereocenters. The summed E-state index contributed by atoms with van der Waals surface area (Å²) in [6, 6.07) is 7.41. The van der Waals surface area contributed by atoms with Crippen molar-refractivity contribution in [2.75, 3.05) is 6.61 Å². The van der Waals surface area contributed by atoms with Crippen molar-refractivity contribution in [3.05, 3.63) is 78.2 Å². The van der Waals surface area contributed by atoms with Crippen molar-refractivity contribution in [2.24, 2.45) is 17.8 Å². The molecule has 0 amide bonds.